The van der Waals surface area contributed by atoms with E-state index in [4.69, 9.17) is 22.7 Å². The summed E-state index contributed by atoms with van der Waals surface area (Å²) in [4.78, 5) is 0.348. The van der Waals surface area contributed by atoms with E-state index in [1.165, 1.54) is 0 Å². The average molecular weight is 416 g/mol. The third-order valence-electron chi connectivity index (χ3n) is 2.68. The number of rotatable bonds is 4. The maximum absolute atomic E-state index is 5.75. The van der Waals surface area contributed by atoms with E-state index >= 15 is 0 Å². The third-order valence-corrected chi connectivity index (χ3v) is 4.01. The van der Waals surface area contributed by atoms with E-state index in [1.807, 2.05) is 36.4 Å². The van der Waals surface area contributed by atoms with Crippen LogP contribution in [0.25, 0.3) is 0 Å². The highest BCUT2D eigenvalue weighted by Crippen LogP contribution is 2.30. The predicted octanol–water partition coefficient (Wildman–Crippen LogP) is 4.60. The zero-order valence-electron chi connectivity index (χ0n) is 10.6. The zero-order chi connectivity index (χ0) is 14.7. The summed E-state index contributed by atoms with van der Waals surface area (Å²) in [6, 6.07) is 11.5. The fourth-order valence-electron chi connectivity index (χ4n) is 1.73. The van der Waals surface area contributed by atoms with Crippen molar-refractivity contribution in [3.8, 4) is 5.75 Å². The monoisotopic (exact) mass is 414 g/mol. The van der Waals surface area contributed by atoms with Crippen molar-refractivity contribution in [2.45, 2.75) is 0 Å². The molecule has 0 bridgehead atoms. The van der Waals surface area contributed by atoms with Gasteiger partial charge in [-0.2, -0.15) is 0 Å². The van der Waals surface area contributed by atoms with Gasteiger partial charge in [-0.3, -0.25) is 0 Å². The number of nitrogens with one attached hydrogen (secondary N) is 1. The van der Waals surface area contributed by atoms with Crippen LogP contribution in [0.5, 0.6) is 5.75 Å². The Kier molecular flexibility index (Phi) is 5.01. The van der Waals surface area contributed by atoms with E-state index in [1.54, 1.807) is 7.11 Å². The van der Waals surface area contributed by atoms with Crippen LogP contribution in [-0.2, 0) is 0 Å². The maximum atomic E-state index is 5.75. The van der Waals surface area contributed by atoms with Gasteiger partial charge in [0.05, 0.1) is 11.6 Å². The fourth-order valence-corrected chi connectivity index (χ4v) is 2.80. The van der Waals surface area contributed by atoms with Crippen LogP contribution < -0.4 is 15.8 Å². The van der Waals surface area contributed by atoms with Gasteiger partial charge in [0.2, 0.25) is 0 Å². The zero-order valence-corrected chi connectivity index (χ0v) is 14.6. The molecule has 2 rings (SSSR count). The molecule has 0 spiro atoms. The lowest BCUT2D eigenvalue weighted by molar-refractivity contribution is 0.412. The lowest BCUT2D eigenvalue weighted by atomic mass is 10.1. The van der Waals surface area contributed by atoms with Crippen molar-refractivity contribution in [1.29, 1.82) is 0 Å². The summed E-state index contributed by atoms with van der Waals surface area (Å²) < 4.78 is 7.01. The van der Waals surface area contributed by atoms with Gasteiger partial charge < -0.3 is 15.8 Å². The normalized spacial score (nSPS) is 10.2. The van der Waals surface area contributed by atoms with E-state index in [9.17, 15) is 0 Å². The standard InChI is InChI=1S/C14H12Br2N2OS/c1-19-13-5-3-9(7-11(13)16)18-12-4-2-8(15)6-10(12)14(17)20/h2-7,18H,1H3,(H2,17,20). The van der Waals surface area contributed by atoms with E-state index in [0.29, 0.717) is 4.99 Å². The van der Waals surface area contributed by atoms with E-state index in [0.717, 1.165) is 31.6 Å². The average Bonchev–Trinajstić information content (AvgIpc) is 2.41. The minimum absolute atomic E-state index is 0.348. The molecule has 104 valence electrons. The number of halogens is 2. The summed E-state index contributed by atoms with van der Waals surface area (Å²) in [5.41, 5.74) is 8.32. The first kappa shape index (κ1) is 15.3. The molecule has 2 aromatic rings. The molecule has 0 saturated heterocycles. The summed E-state index contributed by atoms with van der Waals surface area (Å²) in [6.45, 7) is 0. The molecule has 0 heterocycles. The Morgan fingerprint density at radius 1 is 1.20 bits per heavy atom. The van der Waals surface area contributed by atoms with E-state index in [2.05, 4.69) is 37.2 Å². The molecular formula is C14H12Br2N2OS. The minimum atomic E-state index is 0.348. The second-order valence-corrected chi connectivity index (χ2v) is 6.24. The molecule has 20 heavy (non-hydrogen) atoms. The van der Waals surface area contributed by atoms with Crippen molar-refractivity contribution >= 4 is 60.4 Å². The topological polar surface area (TPSA) is 47.3 Å². The molecule has 0 atom stereocenters. The molecule has 3 N–H and O–H groups in total. The van der Waals surface area contributed by atoms with Gasteiger partial charge in [0.1, 0.15) is 10.7 Å². The molecular weight excluding hydrogens is 404 g/mol. The van der Waals surface area contributed by atoms with Crippen LogP contribution in [-0.4, -0.2) is 12.1 Å². The Labute approximate surface area is 139 Å². The largest absolute Gasteiger partial charge is 0.496 e. The summed E-state index contributed by atoms with van der Waals surface area (Å²) in [5.74, 6) is 0.779. The molecule has 0 saturated carbocycles. The van der Waals surface area contributed by atoms with Gasteiger partial charge in [0.15, 0.2) is 0 Å². The number of hydrogen-bond acceptors (Lipinski definition) is 3. The van der Waals surface area contributed by atoms with Crippen molar-refractivity contribution in [3.05, 3.63) is 50.9 Å². The molecule has 0 fully saturated rings. The van der Waals surface area contributed by atoms with Crippen LogP contribution >= 0.6 is 44.1 Å². The minimum Gasteiger partial charge on any atom is -0.496 e. The molecule has 0 unspecified atom stereocenters. The van der Waals surface area contributed by atoms with Gasteiger partial charge in [-0.05, 0) is 52.3 Å². The first-order valence-corrected chi connectivity index (χ1v) is 7.70. The smallest absolute Gasteiger partial charge is 0.133 e. The molecule has 0 aliphatic carbocycles. The highest BCUT2D eigenvalue weighted by Gasteiger charge is 2.08. The first-order chi connectivity index (χ1) is 9.51. The fraction of sp³-hybridized carbons (Fsp3) is 0.0714. The number of benzene rings is 2. The number of methoxy groups -OCH3 is 1. The van der Waals surface area contributed by atoms with Gasteiger partial charge in [-0.25, -0.2) is 0 Å². The van der Waals surface area contributed by atoms with Crippen LogP contribution in [0.2, 0.25) is 0 Å². The van der Waals surface area contributed by atoms with Crippen molar-refractivity contribution in [2.24, 2.45) is 5.73 Å². The summed E-state index contributed by atoms with van der Waals surface area (Å²) in [6.07, 6.45) is 0. The molecule has 6 heteroatoms. The summed E-state index contributed by atoms with van der Waals surface area (Å²) in [5, 5.41) is 3.30. The Morgan fingerprint density at radius 3 is 2.55 bits per heavy atom. The highest BCUT2D eigenvalue weighted by molar-refractivity contribution is 9.10. The first-order valence-electron chi connectivity index (χ1n) is 5.71. The van der Waals surface area contributed by atoms with Crippen molar-refractivity contribution < 1.29 is 4.74 Å². The SMILES string of the molecule is COc1ccc(Nc2ccc(Br)cc2C(N)=S)cc1Br. The van der Waals surface area contributed by atoms with Gasteiger partial charge in [0, 0.05) is 21.4 Å². The number of hydrogen-bond donors (Lipinski definition) is 2. The molecule has 0 radical (unpaired) electrons. The van der Waals surface area contributed by atoms with Crippen molar-refractivity contribution in [1.82, 2.24) is 0 Å². The van der Waals surface area contributed by atoms with Gasteiger partial charge in [0.25, 0.3) is 0 Å². The third kappa shape index (κ3) is 3.50. The molecule has 0 aromatic heterocycles. The molecule has 2 aromatic carbocycles. The Balaban J connectivity index is 2.35. The summed E-state index contributed by atoms with van der Waals surface area (Å²) >= 11 is 11.9. The van der Waals surface area contributed by atoms with E-state index in [-0.39, 0.29) is 0 Å². The van der Waals surface area contributed by atoms with Crippen LogP contribution in [0, 0.1) is 0 Å². The van der Waals surface area contributed by atoms with Crippen LogP contribution in [0.4, 0.5) is 11.4 Å². The highest BCUT2D eigenvalue weighted by atomic mass is 79.9. The molecule has 0 amide bonds. The van der Waals surface area contributed by atoms with E-state index < -0.39 is 0 Å². The van der Waals surface area contributed by atoms with Crippen LogP contribution in [0.1, 0.15) is 5.56 Å². The quantitative estimate of drug-likeness (QED) is 0.716. The van der Waals surface area contributed by atoms with Crippen molar-refractivity contribution in [2.75, 3.05) is 12.4 Å². The molecule has 3 nitrogen and oxygen atoms in total. The number of thiocarbonyl (C=S) groups is 1. The number of ether oxygens (including phenoxy) is 1. The van der Waals surface area contributed by atoms with Crippen molar-refractivity contribution in [3.63, 3.8) is 0 Å². The second kappa shape index (κ2) is 6.56. The maximum Gasteiger partial charge on any atom is 0.133 e. The number of nitrogens with two attached hydrogens (primary N) is 1. The van der Waals surface area contributed by atoms with Gasteiger partial charge in [-0.15, -0.1) is 0 Å². The van der Waals surface area contributed by atoms with Gasteiger partial charge >= 0.3 is 0 Å². The predicted molar refractivity (Wildman–Crippen MR) is 94.0 cm³/mol. The molecule has 0 aliphatic rings. The number of anilines is 2. The lowest BCUT2D eigenvalue weighted by Crippen LogP contribution is -2.12. The molecule has 0 aliphatic heterocycles. The van der Waals surface area contributed by atoms with Gasteiger partial charge in [-0.1, -0.05) is 28.1 Å². The second-order valence-electron chi connectivity index (χ2n) is 4.03. The Bertz CT molecular complexity index is 662. The van der Waals surface area contributed by atoms with Crippen LogP contribution in [0.15, 0.2) is 45.3 Å². The Hall–Kier alpha value is -1.11. The summed E-state index contributed by atoms with van der Waals surface area (Å²) in [7, 11) is 1.63. The van der Waals surface area contributed by atoms with Crippen LogP contribution in [0.3, 0.4) is 0 Å². The lowest BCUT2D eigenvalue weighted by Gasteiger charge is -2.13. The Morgan fingerprint density at radius 2 is 1.95 bits per heavy atom.